The molecule has 0 spiro atoms. The molecule has 0 amide bonds. The third-order valence-corrected chi connectivity index (χ3v) is 11.2. The highest BCUT2D eigenvalue weighted by molar-refractivity contribution is 5.81. The van der Waals surface area contributed by atoms with Crippen molar-refractivity contribution in [1.82, 2.24) is 4.90 Å². The van der Waals surface area contributed by atoms with Gasteiger partial charge in [-0.15, -0.1) is 0 Å². The van der Waals surface area contributed by atoms with E-state index in [1.807, 2.05) is 48.6 Å². The summed E-state index contributed by atoms with van der Waals surface area (Å²) in [6, 6.07) is 2.32. The van der Waals surface area contributed by atoms with Crippen molar-refractivity contribution in [3.05, 3.63) is 12.7 Å². The fourth-order valence-corrected chi connectivity index (χ4v) is 7.74. The molecule has 51 heavy (non-hydrogen) atoms. The van der Waals surface area contributed by atoms with Gasteiger partial charge in [0.2, 0.25) is 0 Å². The summed E-state index contributed by atoms with van der Waals surface area (Å²) in [5, 5.41) is 20.3. The maximum atomic E-state index is 12.6. The van der Waals surface area contributed by atoms with E-state index in [-0.39, 0.29) is 36.2 Å². The Kier molecular flexibility index (Phi) is 17.6. The van der Waals surface area contributed by atoms with E-state index >= 15 is 0 Å². The fourth-order valence-electron chi connectivity index (χ4n) is 7.74. The number of nitriles is 1. The zero-order chi connectivity index (χ0) is 38.8. The van der Waals surface area contributed by atoms with Gasteiger partial charge in [0.1, 0.15) is 11.4 Å². The largest absolute Gasteiger partial charge is 0.453 e. The monoisotopic (exact) mass is 726 g/mol. The van der Waals surface area contributed by atoms with Crippen LogP contribution in [0.3, 0.4) is 0 Å². The maximum Gasteiger partial charge on any atom is 0.330 e. The smallest absolute Gasteiger partial charge is 0.330 e. The van der Waals surface area contributed by atoms with E-state index in [0.29, 0.717) is 19.4 Å². The zero-order valence-corrected chi connectivity index (χ0v) is 33.2. The Bertz CT molecular complexity index is 1170. The van der Waals surface area contributed by atoms with Gasteiger partial charge in [-0.05, 0) is 54.5 Å². The summed E-state index contributed by atoms with van der Waals surface area (Å²) in [6.07, 6.45) is -2.83. The molecule has 13 nitrogen and oxygen atoms in total. The number of rotatable bonds is 20. The number of esters is 1. The second-order valence-electron chi connectivity index (χ2n) is 15.2. The van der Waals surface area contributed by atoms with Crippen molar-refractivity contribution in [2.24, 2.45) is 23.7 Å². The second-order valence-corrected chi connectivity index (χ2v) is 15.2. The van der Waals surface area contributed by atoms with Gasteiger partial charge in [0.05, 0.1) is 36.1 Å². The molecule has 0 radical (unpaired) electrons. The average Bonchev–Trinajstić information content (AvgIpc) is 3.09. The summed E-state index contributed by atoms with van der Waals surface area (Å²) < 4.78 is 49.9. The number of methoxy groups -OCH3 is 3. The van der Waals surface area contributed by atoms with Crippen LogP contribution >= 0.6 is 0 Å². The van der Waals surface area contributed by atoms with Crippen LogP contribution in [-0.2, 0) is 47.5 Å². The molecule has 0 bridgehead atoms. The van der Waals surface area contributed by atoms with Crippen LogP contribution in [-0.4, -0.2) is 123 Å². The summed E-state index contributed by atoms with van der Waals surface area (Å²) in [4.78, 5) is 27.0. The molecule has 9 unspecified atom stereocenters. The van der Waals surface area contributed by atoms with Crippen molar-refractivity contribution in [3.63, 3.8) is 0 Å². The van der Waals surface area contributed by atoms with E-state index in [9.17, 15) is 20.0 Å². The summed E-state index contributed by atoms with van der Waals surface area (Å²) in [7, 11) is 6.59. The molecule has 0 aliphatic carbocycles. The lowest BCUT2D eigenvalue weighted by Crippen LogP contribution is -2.60. The Hall–Kier alpha value is -1.99. The van der Waals surface area contributed by atoms with Crippen LogP contribution in [0.1, 0.15) is 88.0 Å². The van der Waals surface area contributed by atoms with Crippen molar-refractivity contribution < 1.29 is 52.6 Å². The highest BCUT2D eigenvalue weighted by Gasteiger charge is 2.52. The quantitative estimate of drug-likeness (QED) is 0.105. The first-order valence-electron chi connectivity index (χ1n) is 18.2. The predicted octanol–water partition coefficient (Wildman–Crippen LogP) is 4.64. The van der Waals surface area contributed by atoms with Crippen LogP contribution in [0.5, 0.6) is 0 Å². The number of hydrogen-bond acceptors (Lipinski definition) is 13. The van der Waals surface area contributed by atoms with Crippen LogP contribution in [0.15, 0.2) is 12.7 Å². The van der Waals surface area contributed by atoms with Gasteiger partial charge in [-0.1, -0.05) is 34.3 Å². The van der Waals surface area contributed by atoms with Crippen molar-refractivity contribution in [2.75, 3.05) is 34.9 Å². The zero-order valence-electron chi connectivity index (χ0n) is 33.2. The normalized spacial score (nSPS) is 33.2. The summed E-state index contributed by atoms with van der Waals surface area (Å²) in [5.41, 5.74) is -1.98. The van der Waals surface area contributed by atoms with E-state index in [2.05, 4.69) is 24.5 Å². The number of hydrogen-bond donors (Lipinski definition) is 1. The molecule has 2 fully saturated rings. The predicted molar refractivity (Wildman–Crippen MR) is 190 cm³/mol. The fraction of sp³-hybridized carbons (Fsp3) is 0.868. The number of Topliss-reactive ketones (excluding diaryl/α,β-unsaturated/α-hetero) is 1. The molecular weight excluding hydrogens is 660 g/mol. The molecular formula is C38H66N2O11. The van der Waals surface area contributed by atoms with Gasteiger partial charge in [0.25, 0.3) is 0 Å². The van der Waals surface area contributed by atoms with Gasteiger partial charge >= 0.3 is 5.97 Å². The van der Waals surface area contributed by atoms with Gasteiger partial charge < -0.3 is 47.9 Å². The Morgan fingerprint density at radius 3 is 2.31 bits per heavy atom. The Labute approximate surface area is 306 Å². The molecule has 2 heterocycles. The summed E-state index contributed by atoms with van der Waals surface area (Å²) >= 11 is 0. The maximum absolute atomic E-state index is 12.6. The summed E-state index contributed by atoms with van der Waals surface area (Å²) in [5.74, 6) is -2.10. The first kappa shape index (κ1) is 45.2. The number of carbonyl (C=O) groups is 2. The molecule has 2 aliphatic rings. The van der Waals surface area contributed by atoms with Crippen LogP contribution in [0, 0.1) is 35.0 Å². The van der Waals surface area contributed by atoms with E-state index < -0.39 is 72.3 Å². The van der Waals surface area contributed by atoms with Crippen LogP contribution in [0.2, 0.25) is 0 Å². The lowest BCUT2D eigenvalue weighted by atomic mass is 9.77. The minimum Gasteiger partial charge on any atom is -0.453 e. The summed E-state index contributed by atoms with van der Waals surface area (Å²) in [6.45, 7) is 21.0. The van der Waals surface area contributed by atoms with Crippen molar-refractivity contribution in [3.8, 4) is 6.07 Å². The van der Waals surface area contributed by atoms with Crippen LogP contribution < -0.4 is 0 Å². The Balaban J connectivity index is 2.61. The molecule has 0 aromatic carbocycles. The number of nitrogens with zero attached hydrogens (tertiary/aromatic N) is 2. The van der Waals surface area contributed by atoms with Gasteiger partial charge in [0, 0.05) is 76.5 Å². The highest BCUT2D eigenvalue weighted by Crippen LogP contribution is 2.42. The minimum atomic E-state index is -1.21. The molecule has 294 valence electrons. The number of aliphatic hydroxyl groups is 1. The number of ketones is 1. The van der Waals surface area contributed by atoms with Gasteiger partial charge in [-0.2, -0.15) is 5.26 Å². The Morgan fingerprint density at radius 2 is 1.78 bits per heavy atom. The van der Waals surface area contributed by atoms with E-state index in [0.717, 1.165) is 12.5 Å². The topological polar surface area (TPSA) is 155 Å². The molecule has 13 heteroatoms. The molecule has 2 rings (SSSR count). The Morgan fingerprint density at radius 1 is 1.14 bits per heavy atom. The van der Waals surface area contributed by atoms with E-state index in [4.69, 9.17) is 37.9 Å². The van der Waals surface area contributed by atoms with E-state index in [1.165, 1.54) is 7.11 Å². The number of carbonyl (C=O) groups excluding carboxylic acids is 2. The molecule has 0 aromatic rings. The highest BCUT2D eigenvalue weighted by atomic mass is 16.7. The molecule has 1 N–H and O–H groups in total. The first-order valence-corrected chi connectivity index (χ1v) is 18.2. The van der Waals surface area contributed by atoms with Gasteiger partial charge in [-0.25, -0.2) is 4.79 Å². The average molecular weight is 727 g/mol. The van der Waals surface area contributed by atoms with Gasteiger partial charge in [0.15, 0.2) is 25.0 Å². The minimum absolute atomic E-state index is 0.0193. The van der Waals surface area contributed by atoms with E-state index in [1.54, 1.807) is 28.1 Å². The van der Waals surface area contributed by atoms with Crippen molar-refractivity contribution >= 4 is 11.8 Å². The number of aliphatic hydroxyl groups excluding tert-OH is 1. The third-order valence-electron chi connectivity index (χ3n) is 11.2. The number of ether oxygens (including phenoxy) is 8. The molecule has 0 aromatic heterocycles. The van der Waals surface area contributed by atoms with Crippen molar-refractivity contribution in [2.45, 2.75) is 155 Å². The standard InChI is InChI=1S/C38H66N2O11/c1-15-30(42)49-34-28(8)48-31(21-38(34,10)46-14)50-32(26(6)35(43)44-12)25(5)33(37(9,45-13)20-22(2)27(7)41)51-36-24(4)29(19-23(3)47-36)40(11)18-16-17-39/h15,22-26,28-29,31-36,43H,1,16,18-21H2,2-14H3/t22-,23?,24?,25?,26?,28?,29-,31+,32?,33-,34?,35?,36-,37-,38?/m0/s1. The van der Waals surface area contributed by atoms with Crippen LogP contribution in [0.25, 0.3) is 0 Å². The molecule has 2 saturated heterocycles. The van der Waals surface area contributed by atoms with Gasteiger partial charge in [-0.3, -0.25) is 4.79 Å². The lowest BCUT2D eigenvalue weighted by Gasteiger charge is -2.50. The molecule has 0 saturated carbocycles. The molecule has 15 atom stereocenters. The molecule has 2 aliphatic heterocycles. The lowest BCUT2D eigenvalue weighted by molar-refractivity contribution is -0.320. The second kappa shape index (κ2) is 19.9. The third kappa shape index (κ3) is 11.5. The first-order chi connectivity index (χ1) is 23.8. The van der Waals surface area contributed by atoms with Crippen LogP contribution in [0.4, 0.5) is 0 Å². The van der Waals surface area contributed by atoms with Crippen molar-refractivity contribution in [1.29, 1.82) is 5.26 Å². The SMILES string of the molecule is C=CC(=O)OC1C(C)O[C@H](OC(C(C)C(O)OC)C(C)[C@H](O[C@@H]2OC(C)C[C@H](N(C)CCC#N)C2C)[C@](C)(C[C@H](C)C(C)=O)OC)CC1(C)OC.